The Kier molecular flexibility index (Phi) is 5.48. The monoisotopic (exact) mass is 295 g/mol. The molecule has 0 saturated heterocycles. The Morgan fingerprint density at radius 1 is 0.955 bits per heavy atom. The van der Waals surface area contributed by atoms with Crippen molar-refractivity contribution in [1.29, 1.82) is 0 Å². The van der Waals surface area contributed by atoms with Crippen molar-refractivity contribution in [2.45, 2.75) is 32.7 Å². The lowest BCUT2D eigenvalue weighted by Gasteiger charge is -2.14. The van der Waals surface area contributed by atoms with Crippen molar-refractivity contribution in [3.8, 4) is 0 Å². The van der Waals surface area contributed by atoms with Gasteiger partial charge in [-0.1, -0.05) is 61.9 Å². The number of hydrogen-bond donors (Lipinski definition) is 1. The fourth-order valence-electron chi connectivity index (χ4n) is 2.43. The van der Waals surface area contributed by atoms with Crippen molar-refractivity contribution in [3.63, 3.8) is 0 Å². The molecule has 1 amide bonds. The molecule has 2 aromatic rings. The van der Waals surface area contributed by atoms with Crippen molar-refractivity contribution < 1.29 is 9.59 Å². The second kappa shape index (κ2) is 7.55. The molecule has 22 heavy (non-hydrogen) atoms. The SMILES string of the molecule is CCCC(C)NC(=O)c1ccccc1C(=O)c1ccccc1. The first-order valence-electron chi connectivity index (χ1n) is 7.63. The van der Waals surface area contributed by atoms with Gasteiger partial charge in [-0.05, 0) is 19.4 Å². The quantitative estimate of drug-likeness (QED) is 0.823. The van der Waals surface area contributed by atoms with Crippen molar-refractivity contribution in [2.75, 3.05) is 0 Å². The van der Waals surface area contributed by atoms with E-state index in [4.69, 9.17) is 0 Å². The van der Waals surface area contributed by atoms with Gasteiger partial charge in [0.2, 0.25) is 0 Å². The number of rotatable bonds is 6. The number of hydrogen-bond acceptors (Lipinski definition) is 2. The van der Waals surface area contributed by atoms with Crippen LogP contribution in [0, 0.1) is 0 Å². The first kappa shape index (κ1) is 16.0. The van der Waals surface area contributed by atoms with Gasteiger partial charge in [-0.2, -0.15) is 0 Å². The van der Waals surface area contributed by atoms with Crippen LogP contribution in [0.4, 0.5) is 0 Å². The maximum absolute atomic E-state index is 12.6. The van der Waals surface area contributed by atoms with Crippen molar-refractivity contribution in [1.82, 2.24) is 5.32 Å². The Balaban J connectivity index is 2.27. The highest BCUT2D eigenvalue weighted by Crippen LogP contribution is 2.15. The lowest BCUT2D eigenvalue weighted by Crippen LogP contribution is -2.33. The van der Waals surface area contributed by atoms with E-state index in [9.17, 15) is 9.59 Å². The van der Waals surface area contributed by atoms with Crippen LogP contribution in [0.2, 0.25) is 0 Å². The minimum Gasteiger partial charge on any atom is -0.350 e. The van der Waals surface area contributed by atoms with Crippen LogP contribution >= 0.6 is 0 Å². The average molecular weight is 295 g/mol. The molecule has 114 valence electrons. The van der Waals surface area contributed by atoms with Gasteiger partial charge in [0, 0.05) is 17.2 Å². The molecule has 0 aliphatic carbocycles. The van der Waals surface area contributed by atoms with Gasteiger partial charge in [0.25, 0.3) is 5.91 Å². The van der Waals surface area contributed by atoms with E-state index in [2.05, 4.69) is 12.2 Å². The van der Waals surface area contributed by atoms with Gasteiger partial charge in [0.1, 0.15) is 0 Å². The van der Waals surface area contributed by atoms with Gasteiger partial charge in [0.05, 0.1) is 5.56 Å². The molecular formula is C19H21NO2. The first-order chi connectivity index (χ1) is 10.6. The van der Waals surface area contributed by atoms with Crippen LogP contribution in [0.25, 0.3) is 0 Å². The maximum atomic E-state index is 12.6. The molecule has 1 unspecified atom stereocenters. The van der Waals surface area contributed by atoms with Gasteiger partial charge in [-0.3, -0.25) is 9.59 Å². The third-order valence-electron chi connectivity index (χ3n) is 3.55. The first-order valence-corrected chi connectivity index (χ1v) is 7.63. The molecule has 0 spiro atoms. The number of carbonyl (C=O) groups is 2. The average Bonchev–Trinajstić information content (AvgIpc) is 2.55. The molecule has 1 atom stereocenters. The van der Waals surface area contributed by atoms with Crippen molar-refractivity contribution >= 4 is 11.7 Å². The van der Waals surface area contributed by atoms with Gasteiger partial charge >= 0.3 is 0 Å². The molecule has 0 radical (unpaired) electrons. The lowest BCUT2D eigenvalue weighted by atomic mass is 9.97. The van der Waals surface area contributed by atoms with Gasteiger partial charge in [-0.25, -0.2) is 0 Å². The summed E-state index contributed by atoms with van der Waals surface area (Å²) in [5.41, 5.74) is 1.46. The third kappa shape index (κ3) is 3.82. The van der Waals surface area contributed by atoms with Gasteiger partial charge in [0.15, 0.2) is 5.78 Å². The van der Waals surface area contributed by atoms with Crippen LogP contribution in [0.1, 0.15) is 53.0 Å². The largest absolute Gasteiger partial charge is 0.350 e. The molecule has 0 aromatic heterocycles. The van der Waals surface area contributed by atoms with Crippen molar-refractivity contribution in [3.05, 3.63) is 71.3 Å². The van der Waals surface area contributed by atoms with E-state index < -0.39 is 0 Å². The second-order valence-electron chi connectivity index (χ2n) is 5.40. The highest BCUT2D eigenvalue weighted by molar-refractivity contribution is 6.15. The Morgan fingerprint density at radius 3 is 2.18 bits per heavy atom. The summed E-state index contributed by atoms with van der Waals surface area (Å²) in [7, 11) is 0. The van der Waals surface area contributed by atoms with Crippen LogP contribution < -0.4 is 5.32 Å². The van der Waals surface area contributed by atoms with E-state index in [0.717, 1.165) is 12.8 Å². The molecule has 0 aliphatic heterocycles. The standard InChI is InChI=1S/C19H21NO2/c1-3-9-14(2)20-19(22)17-13-8-7-12-16(17)18(21)15-10-5-4-6-11-15/h4-8,10-14H,3,9H2,1-2H3,(H,20,22). The van der Waals surface area contributed by atoms with E-state index >= 15 is 0 Å². The van der Waals surface area contributed by atoms with E-state index in [1.807, 2.05) is 25.1 Å². The molecule has 2 rings (SSSR count). The normalized spacial score (nSPS) is 11.7. The molecule has 3 nitrogen and oxygen atoms in total. The smallest absolute Gasteiger partial charge is 0.252 e. The Morgan fingerprint density at radius 2 is 1.55 bits per heavy atom. The van der Waals surface area contributed by atoms with Crippen LogP contribution in [0.15, 0.2) is 54.6 Å². The zero-order chi connectivity index (χ0) is 15.9. The molecule has 0 aliphatic rings. The van der Waals surface area contributed by atoms with E-state index in [-0.39, 0.29) is 17.7 Å². The Hall–Kier alpha value is -2.42. The zero-order valence-corrected chi connectivity index (χ0v) is 13.0. The summed E-state index contributed by atoms with van der Waals surface area (Å²) in [4.78, 5) is 25.0. The number of nitrogens with one attached hydrogen (secondary N) is 1. The lowest BCUT2D eigenvalue weighted by molar-refractivity contribution is 0.0928. The molecular weight excluding hydrogens is 274 g/mol. The summed E-state index contributed by atoms with van der Waals surface area (Å²) in [5.74, 6) is -0.324. The number of ketones is 1. The highest BCUT2D eigenvalue weighted by atomic mass is 16.2. The molecule has 0 fully saturated rings. The topological polar surface area (TPSA) is 46.2 Å². The van der Waals surface area contributed by atoms with E-state index in [1.165, 1.54) is 0 Å². The number of benzene rings is 2. The van der Waals surface area contributed by atoms with E-state index in [0.29, 0.717) is 16.7 Å². The number of carbonyl (C=O) groups excluding carboxylic acids is 2. The zero-order valence-electron chi connectivity index (χ0n) is 13.0. The predicted molar refractivity (Wildman–Crippen MR) is 88.2 cm³/mol. The summed E-state index contributed by atoms with van der Waals surface area (Å²) in [6.45, 7) is 4.05. The fraction of sp³-hybridized carbons (Fsp3) is 0.263. The maximum Gasteiger partial charge on any atom is 0.252 e. The Labute approximate surface area is 131 Å². The minimum atomic E-state index is -0.194. The molecule has 1 N–H and O–H groups in total. The van der Waals surface area contributed by atoms with Gasteiger partial charge in [-0.15, -0.1) is 0 Å². The molecule has 0 bridgehead atoms. The summed E-state index contributed by atoms with van der Waals surface area (Å²) in [5, 5.41) is 2.95. The van der Waals surface area contributed by atoms with Crippen molar-refractivity contribution in [2.24, 2.45) is 0 Å². The van der Waals surface area contributed by atoms with Crippen LogP contribution in [-0.4, -0.2) is 17.7 Å². The summed E-state index contributed by atoms with van der Waals surface area (Å²) < 4.78 is 0. The predicted octanol–water partition coefficient (Wildman–Crippen LogP) is 3.84. The molecule has 3 heteroatoms. The summed E-state index contributed by atoms with van der Waals surface area (Å²) >= 11 is 0. The fourth-order valence-corrected chi connectivity index (χ4v) is 2.43. The van der Waals surface area contributed by atoms with Crippen LogP contribution in [-0.2, 0) is 0 Å². The minimum absolute atomic E-state index is 0.0948. The summed E-state index contributed by atoms with van der Waals surface area (Å²) in [6.07, 6.45) is 1.92. The molecule has 0 heterocycles. The third-order valence-corrected chi connectivity index (χ3v) is 3.55. The molecule has 0 saturated carbocycles. The van der Waals surface area contributed by atoms with Gasteiger partial charge < -0.3 is 5.32 Å². The van der Waals surface area contributed by atoms with E-state index in [1.54, 1.807) is 36.4 Å². The van der Waals surface area contributed by atoms with Crippen LogP contribution in [0.5, 0.6) is 0 Å². The van der Waals surface area contributed by atoms with Crippen LogP contribution in [0.3, 0.4) is 0 Å². The highest BCUT2D eigenvalue weighted by Gasteiger charge is 2.18. The number of amides is 1. The molecule has 2 aromatic carbocycles. The summed E-state index contributed by atoms with van der Waals surface area (Å²) in [6, 6.07) is 16.1. The Bertz CT molecular complexity index is 649. The second-order valence-corrected chi connectivity index (χ2v) is 5.40.